The Kier molecular flexibility index (Phi) is 7.05. The van der Waals surface area contributed by atoms with Crippen LogP contribution < -0.4 is 15.4 Å². The van der Waals surface area contributed by atoms with E-state index < -0.39 is 5.91 Å². The Bertz CT molecular complexity index is 925. The van der Waals surface area contributed by atoms with Crippen LogP contribution in [0.1, 0.15) is 23.8 Å². The summed E-state index contributed by atoms with van der Waals surface area (Å²) in [5, 5.41) is 6.28. The number of carbonyl (C=O) groups is 3. The first-order valence-electron chi connectivity index (χ1n) is 10.1. The van der Waals surface area contributed by atoms with Crippen molar-refractivity contribution in [3.8, 4) is 5.75 Å². The summed E-state index contributed by atoms with van der Waals surface area (Å²) in [6, 6.07) is 8.84. The summed E-state index contributed by atoms with van der Waals surface area (Å²) < 4.78 is 5.36. The summed E-state index contributed by atoms with van der Waals surface area (Å²) in [4.78, 5) is 44.7. The zero-order valence-electron chi connectivity index (χ0n) is 17.3. The summed E-state index contributed by atoms with van der Waals surface area (Å²) in [5.74, 6) is -0.0794. The predicted molar refractivity (Wildman–Crippen MR) is 112 cm³/mol. The van der Waals surface area contributed by atoms with E-state index in [1.807, 2.05) is 25.1 Å². The molecule has 2 aromatic rings. The van der Waals surface area contributed by atoms with E-state index in [0.717, 1.165) is 11.8 Å². The lowest BCUT2D eigenvalue weighted by atomic mass is 10.1. The van der Waals surface area contributed by atoms with Crippen molar-refractivity contribution in [1.82, 2.24) is 25.4 Å². The van der Waals surface area contributed by atoms with Gasteiger partial charge in [0, 0.05) is 44.2 Å². The number of benzene rings is 1. The first-order valence-corrected chi connectivity index (χ1v) is 10.1. The van der Waals surface area contributed by atoms with Crippen molar-refractivity contribution in [1.29, 1.82) is 0 Å². The molecule has 2 N–H and O–H groups in total. The van der Waals surface area contributed by atoms with Crippen molar-refractivity contribution in [3.63, 3.8) is 0 Å². The Morgan fingerprint density at radius 1 is 1.07 bits per heavy atom. The first-order chi connectivity index (χ1) is 14.5. The van der Waals surface area contributed by atoms with Gasteiger partial charge in [0.05, 0.1) is 19.2 Å². The summed E-state index contributed by atoms with van der Waals surface area (Å²) in [6.45, 7) is 4.33. The maximum atomic E-state index is 12.5. The van der Waals surface area contributed by atoms with Crippen LogP contribution in [0.15, 0.2) is 30.3 Å². The van der Waals surface area contributed by atoms with Crippen LogP contribution >= 0.6 is 0 Å². The predicted octanol–water partition coefficient (Wildman–Crippen LogP) is 1.24. The third-order valence-corrected chi connectivity index (χ3v) is 4.98. The van der Waals surface area contributed by atoms with Gasteiger partial charge in [-0.05, 0) is 18.6 Å². The molecule has 0 radical (unpaired) electrons. The number of para-hydroxylation sites is 1. The molecule has 0 unspecified atom stereocenters. The van der Waals surface area contributed by atoms with Crippen LogP contribution in [-0.2, 0) is 4.79 Å². The molecule has 0 spiro atoms. The van der Waals surface area contributed by atoms with E-state index in [1.54, 1.807) is 21.9 Å². The van der Waals surface area contributed by atoms with Gasteiger partial charge in [0.25, 0.3) is 5.91 Å². The van der Waals surface area contributed by atoms with E-state index in [4.69, 9.17) is 4.74 Å². The fourth-order valence-electron chi connectivity index (χ4n) is 3.29. The fraction of sp³-hybridized carbons (Fsp3) is 0.429. The average Bonchev–Trinajstić information content (AvgIpc) is 2.79. The molecule has 1 aromatic carbocycles. The van der Waals surface area contributed by atoms with Gasteiger partial charge in [-0.1, -0.05) is 19.1 Å². The van der Waals surface area contributed by atoms with Crippen LogP contribution in [0.4, 0.5) is 4.79 Å². The number of hydrogen-bond acceptors (Lipinski definition) is 5. The third kappa shape index (κ3) is 4.97. The summed E-state index contributed by atoms with van der Waals surface area (Å²) in [6.07, 6.45) is 0.877. The quantitative estimate of drug-likeness (QED) is 0.742. The number of carbonyl (C=O) groups excluding carboxylic acids is 3. The van der Waals surface area contributed by atoms with Gasteiger partial charge in [0.15, 0.2) is 0 Å². The lowest BCUT2D eigenvalue weighted by molar-refractivity contribution is -0.131. The Labute approximate surface area is 175 Å². The molecule has 160 valence electrons. The molecule has 1 saturated heterocycles. The van der Waals surface area contributed by atoms with E-state index in [9.17, 15) is 14.4 Å². The monoisotopic (exact) mass is 413 g/mol. The largest absolute Gasteiger partial charge is 0.496 e. The molecule has 3 rings (SSSR count). The number of ether oxygens (including phenoxy) is 1. The van der Waals surface area contributed by atoms with Gasteiger partial charge in [-0.3, -0.25) is 9.59 Å². The molecule has 0 atom stereocenters. The van der Waals surface area contributed by atoms with Gasteiger partial charge < -0.3 is 25.2 Å². The molecule has 30 heavy (non-hydrogen) atoms. The van der Waals surface area contributed by atoms with Crippen molar-refractivity contribution in [2.75, 3.05) is 46.4 Å². The Hall–Kier alpha value is -3.36. The number of amides is 4. The molecule has 1 fully saturated rings. The number of hydrogen-bond donors (Lipinski definition) is 2. The highest BCUT2D eigenvalue weighted by Crippen LogP contribution is 2.24. The second kappa shape index (κ2) is 9.91. The van der Waals surface area contributed by atoms with Crippen molar-refractivity contribution in [2.24, 2.45) is 0 Å². The van der Waals surface area contributed by atoms with E-state index in [0.29, 0.717) is 44.0 Å². The first kappa shape index (κ1) is 21.4. The minimum absolute atomic E-state index is 0.103. The molecular weight excluding hydrogens is 386 g/mol. The van der Waals surface area contributed by atoms with E-state index >= 15 is 0 Å². The Morgan fingerprint density at radius 2 is 1.77 bits per heavy atom. The standard InChI is InChI=1S/C21H27N5O4/c1-3-8-22-21(29)26-11-9-25(10-12-26)19(27)14-23-20(28)17-13-18(30-2)15-6-4-5-7-16(15)24-17/h4-7,13H,3,8-12,14H2,1-2H3,(H,22,29)(H,23,28). The second-order valence-electron chi connectivity index (χ2n) is 7.01. The lowest BCUT2D eigenvalue weighted by Gasteiger charge is -2.34. The number of rotatable bonds is 6. The van der Waals surface area contributed by atoms with Gasteiger partial charge in [-0.15, -0.1) is 0 Å². The number of nitrogens with zero attached hydrogens (tertiary/aromatic N) is 3. The fourth-order valence-corrected chi connectivity index (χ4v) is 3.29. The van der Waals surface area contributed by atoms with E-state index in [1.165, 1.54) is 7.11 Å². The van der Waals surface area contributed by atoms with Gasteiger partial charge in [-0.2, -0.15) is 0 Å². The van der Waals surface area contributed by atoms with Gasteiger partial charge in [-0.25, -0.2) is 9.78 Å². The maximum Gasteiger partial charge on any atom is 0.317 e. The molecule has 1 aliphatic rings. The number of urea groups is 1. The van der Waals surface area contributed by atoms with Crippen LogP contribution in [0.5, 0.6) is 5.75 Å². The molecule has 2 heterocycles. The minimum atomic E-state index is -0.440. The summed E-state index contributed by atoms with van der Waals surface area (Å²) in [5.41, 5.74) is 0.835. The molecule has 0 aliphatic carbocycles. The van der Waals surface area contributed by atoms with Crippen LogP contribution in [0.3, 0.4) is 0 Å². The number of pyridine rings is 1. The highest BCUT2D eigenvalue weighted by Gasteiger charge is 2.24. The average molecular weight is 413 g/mol. The molecule has 9 nitrogen and oxygen atoms in total. The van der Waals surface area contributed by atoms with E-state index in [2.05, 4.69) is 15.6 Å². The molecular formula is C21H27N5O4. The molecule has 4 amide bonds. The molecule has 0 saturated carbocycles. The van der Waals surface area contributed by atoms with Crippen LogP contribution in [0.25, 0.3) is 10.9 Å². The Balaban J connectivity index is 1.53. The lowest BCUT2D eigenvalue weighted by Crippen LogP contribution is -2.54. The molecule has 1 aromatic heterocycles. The molecule has 9 heteroatoms. The number of methoxy groups -OCH3 is 1. The number of piperazine rings is 1. The highest BCUT2D eigenvalue weighted by atomic mass is 16.5. The van der Waals surface area contributed by atoms with Crippen molar-refractivity contribution < 1.29 is 19.1 Å². The van der Waals surface area contributed by atoms with E-state index in [-0.39, 0.29) is 24.2 Å². The van der Waals surface area contributed by atoms with Gasteiger partial charge >= 0.3 is 6.03 Å². The smallest absolute Gasteiger partial charge is 0.317 e. The van der Waals surface area contributed by atoms with Gasteiger partial charge in [0.1, 0.15) is 11.4 Å². The topological polar surface area (TPSA) is 104 Å². The normalized spacial score (nSPS) is 13.8. The zero-order valence-corrected chi connectivity index (χ0v) is 17.3. The van der Waals surface area contributed by atoms with Crippen LogP contribution in [0.2, 0.25) is 0 Å². The van der Waals surface area contributed by atoms with Crippen LogP contribution in [-0.4, -0.2) is 79.0 Å². The molecule has 1 aliphatic heterocycles. The SMILES string of the molecule is CCCNC(=O)N1CCN(C(=O)CNC(=O)c2cc(OC)c3ccccc3n2)CC1. The highest BCUT2D eigenvalue weighted by molar-refractivity contribution is 5.98. The molecule has 0 bridgehead atoms. The van der Waals surface area contributed by atoms with Crippen LogP contribution in [0, 0.1) is 0 Å². The van der Waals surface area contributed by atoms with Gasteiger partial charge in [0.2, 0.25) is 5.91 Å². The zero-order chi connectivity index (χ0) is 21.5. The number of fused-ring (bicyclic) bond motifs is 1. The maximum absolute atomic E-state index is 12.5. The Morgan fingerprint density at radius 3 is 2.47 bits per heavy atom. The third-order valence-electron chi connectivity index (χ3n) is 4.98. The van der Waals surface area contributed by atoms with Crippen molar-refractivity contribution in [3.05, 3.63) is 36.0 Å². The van der Waals surface area contributed by atoms with Crippen molar-refractivity contribution >= 4 is 28.7 Å². The minimum Gasteiger partial charge on any atom is -0.496 e. The summed E-state index contributed by atoms with van der Waals surface area (Å²) >= 11 is 0. The number of aromatic nitrogens is 1. The summed E-state index contributed by atoms with van der Waals surface area (Å²) in [7, 11) is 1.54. The number of nitrogens with one attached hydrogen (secondary N) is 2. The van der Waals surface area contributed by atoms with Crippen molar-refractivity contribution in [2.45, 2.75) is 13.3 Å². The second-order valence-corrected chi connectivity index (χ2v) is 7.01.